The number of nitrogens with one attached hydrogen (secondary N) is 2. The van der Waals surface area contributed by atoms with E-state index in [9.17, 15) is 9.59 Å². The van der Waals surface area contributed by atoms with Crippen molar-refractivity contribution in [1.82, 2.24) is 10.6 Å². The number of hydrogen-bond donors (Lipinski definition) is 2. The van der Waals surface area contributed by atoms with Crippen molar-refractivity contribution in [2.45, 2.75) is 44.7 Å². The molecule has 2 N–H and O–H groups in total. The molecule has 1 saturated heterocycles. The van der Waals surface area contributed by atoms with E-state index in [1.54, 1.807) is 18.0 Å². The van der Waals surface area contributed by atoms with E-state index in [0.717, 1.165) is 32.2 Å². The molecule has 5 heteroatoms. The van der Waals surface area contributed by atoms with Crippen LogP contribution in [-0.2, 0) is 4.79 Å². The third-order valence-electron chi connectivity index (χ3n) is 4.73. The monoisotopic (exact) mass is 315 g/mol. The smallest absolute Gasteiger partial charge is 0.253 e. The molecule has 2 atom stereocenters. The van der Waals surface area contributed by atoms with Crippen molar-refractivity contribution in [3.05, 3.63) is 29.8 Å². The van der Waals surface area contributed by atoms with Crippen LogP contribution in [0.15, 0.2) is 24.3 Å². The summed E-state index contributed by atoms with van der Waals surface area (Å²) in [6, 6.07) is 7.97. The predicted molar refractivity (Wildman–Crippen MR) is 90.5 cm³/mol. The summed E-state index contributed by atoms with van der Waals surface area (Å²) in [4.78, 5) is 26.6. The highest BCUT2D eigenvalue weighted by molar-refractivity contribution is 6.05. The van der Waals surface area contributed by atoms with Gasteiger partial charge in [0.2, 0.25) is 5.91 Å². The van der Waals surface area contributed by atoms with Crippen LogP contribution in [0.25, 0.3) is 0 Å². The Bertz CT molecular complexity index is 598. The first-order valence-corrected chi connectivity index (χ1v) is 8.47. The second-order valence-electron chi connectivity index (χ2n) is 6.74. The van der Waals surface area contributed by atoms with E-state index in [-0.39, 0.29) is 23.8 Å². The zero-order valence-electron chi connectivity index (χ0n) is 13.8. The molecule has 1 heterocycles. The molecule has 1 aromatic rings. The summed E-state index contributed by atoms with van der Waals surface area (Å²) < 4.78 is 0. The normalized spacial score (nSPS) is 24.1. The number of nitrogens with zero attached hydrogens (tertiary/aromatic N) is 1. The fraction of sp³-hybridized carbons (Fsp3) is 0.556. The summed E-state index contributed by atoms with van der Waals surface area (Å²) in [6.07, 6.45) is 3.80. The quantitative estimate of drug-likeness (QED) is 0.892. The van der Waals surface area contributed by atoms with Gasteiger partial charge in [0.25, 0.3) is 5.91 Å². The molecule has 0 radical (unpaired) electrons. The molecule has 124 valence electrons. The van der Waals surface area contributed by atoms with Gasteiger partial charge in [-0.3, -0.25) is 9.59 Å². The summed E-state index contributed by atoms with van der Waals surface area (Å²) in [7, 11) is 1.76. The molecule has 1 aromatic carbocycles. The average molecular weight is 315 g/mol. The van der Waals surface area contributed by atoms with Crippen molar-refractivity contribution in [3.8, 4) is 0 Å². The third kappa shape index (κ3) is 3.72. The maximum atomic E-state index is 12.7. The van der Waals surface area contributed by atoms with E-state index in [0.29, 0.717) is 17.3 Å². The van der Waals surface area contributed by atoms with Gasteiger partial charge in [0.05, 0.1) is 11.3 Å². The van der Waals surface area contributed by atoms with Crippen LogP contribution >= 0.6 is 0 Å². The maximum Gasteiger partial charge on any atom is 0.253 e. The average Bonchev–Trinajstić information content (AvgIpc) is 3.38. The van der Waals surface area contributed by atoms with Crippen LogP contribution in [0.4, 0.5) is 5.69 Å². The molecule has 3 rings (SSSR count). The molecule has 1 aliphatic heterocycles. The van der Waals surface area contributed by atoms with Crippen molar-refractivity contribution in [2.24, 2.45) is 5.92 Å². The molecule has 1 aliphatic carbocycles. The Morgan fingerprint density at radius 1 is 1.22 bits per heavy atom. The van der Waals surface area contributed by atoms with Gasteiger partial charge in [-0.1, -0.05) is 12.1 Å². The number of rotatable bonds is 4. The summed E-state index contributed by atoms with van der Waals surface area (Å²) >= 11 is 0. The Kier molecular flexibility index (Phi) is 4.66. The van der Waals surface area contributed by atoms with Gasteiger partial charge in [0, 0.05) is 25.0 Å². The van der Waals surface area contributed by atoms with E-state index in [4.69, 9.17) is 0 Å². The van der Waals surface area contributed by atoms with Crippen LogP contribution in [-0.4, -0.2) is 37.5 Å². The largest absolute Gasteiger partial charge is 0.349 e. The van der Waals surface area contributed by atoms with Gasteiger partial charge < -0.3 is 15.5 Å². The standard InChI is InChI=1S/C18H25N3O2/c1-12-11-14(9-10-19-12)20-17(22)15-5-3-4-6-16(15)21(2)18(23)13-7-8-13/h3-6,12-14,19H,7-11H2,1-2H3,(H,20,22). The fourth-order valence-electron chi connectivity index (χ4n) is 3.21. The molecule has 2 aliphatic rings. The van der Waals surface area contributed by atoms with Crippen molar-refractivity contribution in [3.63, 3.8) is 0 Å². The van der Waals surface area contributed by atoms with Crippen molar-refractivity contribution in [2.75, 3.05) is 18.5 Å². The van der Waals surface area contributed by atoms with Crippen LogP contribution in [0, 0.1) is 5.92 Å². The Labute approximate surface area is 137 Å². The van der Waals surface area contributed by atoms with Gasteiger partial charge in [-0.05, 0) is 51.3 Å². The lowest BCUT2D eigenvalue weighted by Crippen LogP contribution is -2.46. The summed E-state index contributed by atoms with van der Waals surface area (Å²) in [5, 5.41) is 6.51. The minimum Gasteiger partial charge on any atom is -0.349 e. The summed E-state index contributed by atoms with van der Waals surface area (Å²) in [6.45, 7) is 3.06. The Morgan fingerprint density at radius 3 is 2.65 bits per heavy atom. The number of benzene rings is 1. The second kappa shape index (κ2) is 6.71. The van der Waals surface area contributed by atoms with Gasteiger partial charge in [-0.25, -0.2) is 0 Å². The SMILES string of the molecule is CC1CC(NC(=O)c2ccccc2N(C)C(=O)C2CC2)CCN1. The Hall–Kier alpha value is -1.88. The first kappa shape index (κ1) is 16.0. The molecule has 0 spiro atoms. The molecule has 0 bridgehead atoms. The first-order chi connectivity index (χ1) is 11.1. The van der Waals surface area contributed by atoms with Gasteiger partial charge in [0.1, 0.15) is 0 Å². The molecular weight excluding hydrogens is 290 g/mol. The first-order valence-electron chi connectivity index (χ1n) is 8.47. The highest BCUT2D eigenvalue weighted by Gasteiger charge is 2.33. The minimum atomic E-state index is -0.0878. The van der Waals surface area contributed by atoms with Crippen molar-refractivity contribution < 1.29 is 9.59 Å². The summed E-state index contributed by atoms with van der Waals surface area (Å²) in [5.74, 6) is 0.164. The fourth-order valence-corrected chi connectivity index (χ4v) is 3.21. The highest BCUT2D eigenvalue weighted by atomic mass is 16.2. The Morgan fingerprint density at radius 2 is 1.96 bits per heavy atom. The lowest BCUT2D eigenvalue weighted by Gasteiger charge is -2.29. The van der Waals surface area contributed by atoms with Crippen molar-refractivity contribution in [1.29, 1.82) is 0 Å². The van der Waals surface area contributed by atoms with E-state index in [2.05, 4.69) is 17.6 Å². The summed E-state index contributed by atoms with van der Waals surface area (Å²) in [5.41, 5.74) is 1.28. The van der Waals surface area contributed by atoms with Crippen LogP contribution < -0.4 is 15.5 Å². The maximum absolute atomic E-state index is 12.7. The van der Waals surface area contributed by atoms with E-state index in [1.807, 2.05) is 18.2 Å². The predicted octanol–water partition coefficient (Wildman–Crippen LogP) is 1.93. The van der Waals surface area contributed by atoms with E-state index < -0.39 is 0 Å². The number of carbonyl (C=O) groups is 2. The number of hydrogen-bond acceptors (Lipinski definition) is 3. The number of carbonyl (C=O) groups excluding carboxylic acids is 2. The zero-order valence-corrected chi connectivity index (χ0v) is 13.8. The van der Waals surface area contributed by atoms with Gasteiger partial charge in [-0.2, -0.15) is 0 Å². The lowest BCUT2D eigenvalue weighted by atomic mass is 10.00. The van der Waals surface area contributed by atoms with Crippen LogP contribution in [0.3, 0.4) is 0 Å². The number of para-hydroxylation sites is 1. The molecular formula is C18H25N3O2. The Balaban J connectivity index is 1.73. The molecule has 5 nitrogen and oxygen atoms in total. The minimum absolute atomic E-state index is 0.0878. The highest BCUT2D eigenvalue weighted by Crippen LogP contribution is 2.33. The van der Waals surface area contributed by atoms with E-state index >= 15 is 0 Å². The topological polar surface area (TPSA) is 61.4 Å². The molecule has 1 saturated carbocycles. The number of amides is 2. The van der Waals surface area contributed by atoms with Crippen molar-refractivity contribution >= 4 is 17.5 Å². The number of anilines is 1. The molecule has 2 amide bonds. The molecule has 0 aromatic heterocycles. The number of piperidine rings is 1. The second-order valence-corrected chi connectivity index (χ2v) is 6.74. The van der Waals surface area contributed by atoms with Gasteiger partial charge in [-0.15, -0.1) is 0 Å². The third-order valence-corrected chi connectivity index (χ3v) is 4.73. The molecule has 23 heavy (non-hydrogen) atoms. The van der Waals surface area contributed by atoms with Crippen LogP contribution in [0.2, 0.25) is 0 Å². The van der Waals surface area contributed by atoms with Gasteiger partial charge >= 0.3 is 0 Å². The van der Waals surface area contributed by atoms with Gasteiger partial charge in [0.15, 0.2) is 0 Å². The van der Waals surface area contributed by atoms with Crippen LogP contribution in [0.1, 0.15) is 43.0 Å². The molecule has 2 unspecified atom stereocenters. The lowest BCUT2D eigenvalue weighted by molar-refractivity contribution is -0.119. The molecule has 2 fully saturated rings. The van der Waals surface area contributed by atoms with E-state index in [1.165, 1.54) is 0 Å². The zero-order chi connectivity index (χ0) is 16.4. The van der Waals surface area contributed by atoms with Crippen LogP contribution in [0.5, 0.6) is 0 Å².